The molecule has 0 aliphatic heterocycles. The van der Waals surface area contributed by atoms with Gasteiger partial charge in [0.15, 0.2) is 0 Å². The van der Waals surface area contributed by atoms with Gasteiger partial charge in [0.2, 0.25) is 0 Å². The normalized spacial score (nSPS) is 13.3. The van der Waals surface area contributed by atoms with E-state index in [0.29, 0.717) is 11.3 Å². The molecular weight excluding hydrogens is 285 g/mol. The average molecular weight is 303 g/mol. The van der Waals surface area contributed by atoms with Crippen molar-refractivity contribution in [2.24, 2.45) is 0 Å². The van der Waals surface area contributed by atoms with E-state index in [0.717, 1.165) is 5.69 Å². The molecule has 1 heterocycles. The maximum Gasteiger partial charge on any atom is 0.319 e. The molecule has 0 aliphatic rings. The van der Waals surface area contributed by atoms with Crippen LogP contribution in [0.3, 0.4) is 0 Å². The maximum absolute atomic E-state index is 12.9. The van der Waals surface area contributed by atoms with Gasteiger partial charge in [0.25, 0.3) is 0 Å². The number of aliphatic hydroxyl groups excluding tert-OH is 1. The Bertz CT molecular complexity index is 646. The van der Waals surface area contributed by atoms with Crippen molar-refractivity contribution in [1.29, 1.82) is 0 Å². The number of nitrogens with one attached hydrogen (secondary N) is 2. The van der Waals surface area contributed by atoms with Crippen molar-refractivity contribution in [2.75, 3.05) is 5.32 Å². The Balaban J connectivity index is 1.94. The summed E-state index contributed by atoms with van der Waals surface area (Å²) in [5.41, 5.74) is 1.94. The van der Waals surface area contributed by atoms with E-state index >= 15 is 0 Å². The lowest BCUT2D eigenvalue weighted by Gasteiger charge is -2.21. The molecule has 2 amide bonds. The van der Waals surface area contributed by atoms with E-state index in [-0.39, 0.29) is 5.82 Å². The number of halogens is 1. The van der Waals surface area contributed by atoms with Crippen LogP contribution in [0.2, 0.25) is 0 Å². The third kappa shape index (κ3) is 4.26. The van der Waals surface area contributed by atoms with Gasteiger partial charge in [-0.05, 0) is 43.7 Å². The van der Waals surface area contributed by atoms with Crippen molar-refractivity contribution in [3.63, 3.8) is 0 Å². The van der Waals surface area contributed by atoms with Crippen molar-refractivity contribution < 1.29 is 14.3 Å². The Morgan fingerprint density at radius 2 is 1.95 bits per heavy atom. The molecule has 0 fully saturated rings. The van der Waals surface area contributed by atoms with Crippen LogP contribution in [-0.4, -0.2) is 22.2 Å². The van der Waals surface area contributed by atoms with Gasteiger partial charge in [0.1, 0.15) is 5.82 Å². The molecule has 3 N–H and O–H groups in total. The molecule has 6 heteroatoms. The molecule has 0 saturated carbocycles. The fourth-order valence-electron chi connectivity index (χ4n) is 2.02. The van der Waals surface area contributed by atoms with E-state index in [4.69, 9.17) is 0 Å². The van der Waals surface area contributed by atoms with Gasteiger partial charge in [0.05, 0.1) is 12.1 Å². The van der Waals surface area contributed by atoms with Crippen molar-refractivity contribution >= 4 is 11.7 Å². The highest BCUT2D eigenvalue weighted by atomic mass is 19.1. The van der Waals surface area contributed by atoms with Crippen LogP contribution in [-0.2, 0) is 0 Å². The van der Waals surface area contributed by atoms with E-state index in [1.165, 1.54) is 24.3 Å². The predicted octanol–water partition coefficient (Wildman–Crippen LogP) is 2.77. The van der Waals surface area contributed by atoms with Gasteiger partial charge in [-0.2, -0.15) is 0 Å². The molecular formula is C16H18FN3O2. The number of rotatable bonds is 4. The zero-order valence-electron chi connectivity index (χ0n) is 12.4. The number of nitrogens with zero attached hydrogens (tertiary/aromatic N) is 1. The minimum atomic E-state index is -0.925. The topological polar surface area (TPSA) is 74.2 Å². The summed E-state index contributed by atoms with van der Waals surface area (Å²) in [6, 6.07) is 7.96. The first-order chi connectivity index (χ1) is 10.5. The second-order valence-corrected chi connectivity index (χ2v) is 5.07. The number of aliphatic hydroxyl groups is 1. The summed E-state index contributed by atoms with van der Waals surface area (Å²) >= 11 is 0. The number of carbonyl (C=O) groups excluding carboxylic acids is 1. The molecule has 1 aromatic heterocycles. The van der Waals surface area contributed by atoms with Crippen LogP contribution >= 0.6 is 0 Å². The van der Waals surface area contributed by atoms with Crippen LogP contribution in [0.15, 0.2) is 42.6 Å². The first-order valence-corrected chi connectivity index (χ1v) is 6.89. The number of hydrogen-bond donors (Lipinski definition) is 3. The molecule has 5 nitrogen and oxygen atoms in total. The molecule has 2 atom stereocenters. The summed E-state index contributed by atoms with van der Waals surface area (Å²) in [7, 11) is 0. The quantitative estimate of drug-likeness (QED) is 0.813. The smallest absolute Gasteiger partial charge is 0.319 e. The summed E-state index contributed by atoms with van der Waals surface area (Å²) in [6.45, 7) is 3.50. The van der Waals surface area contributed by atoms with E-state index < -0.39 is 18.2 Å². The zero-order valence-corrected chi connectivity index (χ0v) is 12.4. The Hall–Kier alpha value is -2.47. The predicted molar refractivity (Wildman–Crippen MR) is 82.0 cm³/mol. The lowest BCUT2D eigenvalue weighted by molar-refractivity contribution is 0.139. The van der Waals surface area contributed by atoms with Gasteiger partial charge in [0, 0.05) is 17.6 Å². The maximum atomic E-state index is 12.9. The zero-order chi connectivity index (χ0) is 16.1. The number of urea groups is 1. The Morgan fingerprint density at radius 3 is 2.59 bits per heavy atom. The van der Waals surface area contributed by atoms with Crippen LogP contribution in [0, 0.1) is 12.7 Å². The molecule has 116 valence electrons. The molecule has 22 heavy (non-hydrogen) atoms. The van der Waals surface area contributed by atoms with Crippen LogP contribution in [0.1, 0.15) is 24.3 Å². The number of carbonyl (C=O) groups is 1. The van der Waals surface area contributed by atoms with Gasteiger partial charge in [-0.15, -0.1) is 0 Å². The molecule has 2 aromatic rings. The number of pyridine rings is 1. The molecule has 1 aromatic carbocycles. The fraction of sp³-hybridized carbons (Fsp3) is 0.250. The van der Waals surface area contributed by atoms with Gasteiger partial charge in [-0.3, -0.25) is 4.98 Å². The largest absolute Gasteiger partial charge is 0.386 e. The van der Waals surface area contributed by atoms with Gasteiger partial charge in [-0.1, -0.05) is 12.1 Å². The van der Waals surface area contributed by atoms with Gasteiger partial charge >= 0.3 is 6.03 Å². The Labute approximate surface area is 128 Å². The minimum absolute atomic E-state index is 0.373. The lowest BCUT2D eigenvalue weighted by Crippen LogP contribution is -2.39. The summed E-state index contributed by atoms with van der Waals surface area (Å²) < 4.78 is 12.9. The number of aromatic nitrogens is 1. The summed E-state index contributed by atoms with van der Waals surface area (Å²) in [5.74, 6) is -0.373. The molecule has 0 spiro atoms. The van der Waals surface area contributed by atoms with Crippen molar-refractivity contribution in [2.45, 2.75) is 26.0 Å². The number of amides is 2. The molecule has 0 aliphatic carbocycles. The Morgan fingerprint density at radius 1 is 1.27 bits per heavy atom. The van der Waals surface area contributed by atoms with Crippen LogP contribution < -0.4 is 10.6 Å². The summed E-state index contributed by atoms with van der Waals surface area (Å²) in [6.07, 6.45) is 0.674. The molecule has 0 radical (unpaired) electrons. The highest BCUT2D eigenvalue weighted by Crippen LogP contribution is 2.17. The lowest BCUT2D eigenvalue weighted by atomic mass is 10.0. The van der Waals surface area contributed by atoms with E-state index in [9.17, 15) is 14.3 Å². The highest BCUT2D eigenvalue weighted by Gasteiger charge is 2.18. The highest BCUT2D eigenvalue weighted by molar-refractivity contribution is 5.89. The number of aryl methyl sites for hydroxylation is 1. The second kappa shape index (κ2) is 7.00. The standard InChI is InChI=1S/C16H18FN3O2/c1-10-9-14(7-8-18-10)20-16(22)19-11(2)15(21)12-3-5-13(17)6-4-12/h3-9,11,15,21H,1-2H3,(H2,18,19,20,22). The fourth-order valence-corrected chi connectivity index (χ4v) is 2.02. The van der Waals surface area contributed by atoms with Crippen LogP contribution in [0.4, 0.5) is 14.9 Å². The number of anilines is 1. The van der Waals surface area contributed by atoms with Crippen molar-refractivity contribution in [3.05, 3.63) is 59.7 Å². The summed E-state index contributed by atoms with van der Waals surface area (Å²) in [5, 5.41) is 15.5. The number of hydrogen-bond acceptors (Lipinski definition) is 3. The monoisotopic (exact) mass is 303 g/mol. The molecule has 0 bridgehead atoms. The second-order valence-electron chi connectivity index (χ2n) is 5.07. The SMILES string of the molecule is Cc1cc(NC(=O)NC(C)C(O)c2ccc(F)cc2)ccn1. The average Bonchev–Trinajstić information content (AvgIpc) is 2.47. The minimum Gasteiger partial charge on any atom is -0.386 e. The summed E-state index contributed by atoms with van der Waals surface area (Å²) in [4.78, 5) is 16.0. The Kier molecular flexibility index (Phi) is 5.06. The van der Waals surface area contributed by atoms with Crippen molar-refractivity contribution in [3.8, 4) is 0 Å². The molecule has 2 unspecified atom stereocenters. The van der Waals surface area contributed by atoms with E-state index in [2.05, 4.69) is 15.6 Å². The molecule has 0 saturated heterocycles. The van der Waals surface area contributed by atoms with Gasteiger partial charge in [-0.25, -0.2) is 9.18 Å². The third-order valence-electron chi connectivity index (χ3n) is 3.20. The van der Waals surface area contributed by atoms with Crippen LogP contribution in [0.5, 0.6) is 0 Å². The van der Waals surface area contributed by atoms with Gasteiger partial charge < -0.3 is 15.7 Å². The third-order valence-corrected chi connectivity index (χ3v) is 3.20. The molecule has 2 rings (SSSR count). The van der Waals surface area contributed by atoms with E-state index in [1.807, 2.05) is 6.92 Å². The number of benzene rings is 1. The van der Waals surface area contributed by atoms with Crippen LogP contribution in [0.25, 0.3) is 0 Å². The first kappa shape index (κ1) is 15.9. The van der Waals surface area contributed by atoms with E-state index in [1.54, 1.807) is 25.3 Å². The first-order valence-electron chi connectivity index (χ1n) is 6.89. The van der Waals surface area contributed by atoms with Crippen molar-refractivity contribution in [1.82, 2.24) is 10.3 Å².